The van der Waals surface area contributed by atoms with Crippen LogP contribution in [0.2, 0.25) is 0 Å². The van der Waals surface area contributed by atoms with Gasteiger partial charge < -0.3 is 15.0 Å². The Balaban J connectivity index is 0.928. The molecule has 0 radical (unpaired) electrons. The quantitative estimate of drug-likeness (QED) is 0.153. The summed E-state index contributed by atoms with van der Waals surface area (Å²) < 4.78 is 47.5. The predicted octanol–water partition coefficient (Wildman–Crippen LogP) is 5.49. The summed E-state index contributed by atoms with van der Waals surface area (Å²) in [5.74, 6) is -1.47. The van der Waals surface area contributed by atoms with Crippen LogP contribution >= 0.6 is 12.6 Å². The minimum Gasteiger partial charge on any atom is -0.378 e. The molecule has 308 valence electrons. The molecular formula is C41H52F3N7O5S. The molecule has 0 bridgehead atoms. The van der Waals surface area contributed by atoms with Crippen molar-refractivity contribution >= 4 is 47.6 Å². The number of benzene rings is 2. The third kappa shape index (κ3) is 9.49. The predicted molar refractivity (Wildman–Crippen MR) is 211 cm³/mol. The molecule has 4 amide bonds. The van der Waals surface area contributed by atoms with Gasteiger partial charge in [-0.1, -0.05) is 12.1 Å². The molecule has 12 nitrogen and oxygen atoms in total. The van der Waals surface area contributed by atoms with Crippen LogP contribution in [-0.2, 0) is 30.1 Å². The van der Waals surface area contributed by atoms with Gasteiger partial charge in [-0.15, -0.1) is 12.6 Å². The van der Waals surface area contributed by atoms with Crippen molar-refractivity contribution in [2.75, 3.05) is 43.0 Å². The maximum Gasteiger partial charge on any atom is 0.417 e. The van der Waals surface area contributed by atoms with E-state index in [9.17, 15) is 37.6 Å². The highest BCUT2D eigenvalue weighted by Crippen LogP contribution is 2.43. The molecule has 4 atom stereocenters. The number of hydrogen-bond donors (Lipinski definition) is 3. The number of carbonyl (C=O) groups excluding carboxylic acids is 4. The molecule has 4 aliphatic rings. The van der Waals surface area contributed by atoms with Gasteiger partial charge in [0, 0.05) is 62.2 Å². The Labute approximate surface area is 337 Å². The number of imide groups is 1. The lowest BCUT2D eigenvalue weighted by atomic mass is 9.89. The number of carbonyl (C=O) groups is 4. The molecule has 16 heteroatoms. The lowest BCUT2D eigenvalue weighted by molar-refractivity contribution is -0.138. The smallest absolute Gasteiger partial charge is 0.378 e. The number of nitrogens with zero attached hydrogens (tertiary/aromatic N) is 5. The Hall–Kier alpha value is -4.01. The Morgan fingerprint density at radius 1 is 1.04 bits per heavy atom. The van der Waals surface area contributed by atoms with E-state index in [0.29, 0.717) is 18.7 Å². The number of halogens is 3. The summed E-state index contributed by atoms with van der Waals surface area (Å²) in [5, 5.41) is 14.6. The van der Waals surface area contributed by atoms with Crippen LogP contribution in [0.3, 0.4) is 0 Å². The highest BCUT2D eigenvalue weighted by Gasteiger charge is 2.54. The zero-order valence-electron chi connectivity index (χ0n) is 32.8. The van der Waals surface area contributed by atoms with Crippen LogP contribution in [0.1, 0.15) is 95.2 Å². The van der Waals surface area contributed by atoms with Crippen LogP contribution < -0.4 is 15.5 Å². The first kappa shape index (κ1) is 42.6. The second kappa shape index (κ2) is 17.5. The van der Waals surface area contributed by atoms with Gasteiger partial charge in [-0.05, 0) is 102 Å². The lowest BCUT2D eigenvalue weighted by Crippen LogP contribution is -2.58. The molecule has 3 saturated heterocycles. The normalized spacial score (nSPS) is 27.6. The van der Waals surface area contributed by atoms with Crippen molar-refractivity contribution in [1.29, 1.82) is 5.26 Å². The average Bonchev–Trinajstić information content (AvgIpc) is 3.33. The summed E-state index contributed by atoms with van der Waals surface area (Å²) in [6.45, 7) is 11.2. The van der Waals surface area contributed by atoms with Gasteiger partial charge in [0.05, 0.1) is 41.3 Å². The van der Waals surface area contributed by atoms with E-state index in [1.54, 1.807) is 38.1 Å². The summed E-state index contributed by atoms with van der Waals surface area (Å²) in [4.78, 5) is 58.6. The molecule has 2 unspecified atom stereocenters. The van der Waals surface area contributed by atoms with E-state index in [-0.39, 0.29) is 66.5 Å². The number of piperazine rings is 1. The molecule has 3 aliphatic heterocycles. The van der Waals surface area contributed by atoms with Gasteiger partial charge in [-0.2, -0.15) is 18.4 Å². The fourth-order valence-electron chi connectivity index (χ4n) is 9.03. The largest absolute Gasteiger partial charge is 0.417 e. The topological polar surface area (TPSA) is 138 Å². The monoisotopic (exact) mass is 811 g/mol. The first-order valence-corrected chi connectivity index (χ1v) is 20.2. The highest BCUT2D eigenvalue weighted by molar-refractivity contribution is 7.81. The number of nitrogens with one attached hydrogen (secondary N) is 2. The number of ether oxygens (including phenoxy) is 1. The number of alkyl halides is 3. The van der Waals surface area contributed by atoms with Gasteiger partial charge in [0.25, 0.3) is 0 Å². The number of hydrogen-bond acceptors (Lipinski definition) is 10. The maximum atomic E-state index is 13.7. The van der Waals surface area contributed by atoms with Crippen molar-refractivity contribution in [1.82, 2.24) is 20.0 Å². The molecule has 1 saturated carbocycles. The van der Waals surface area contributed by atoms with Gasteiger partial charge in [-0.25, -0.2) is 0 Å². The van der Waals surface area contributed by atoms with E-state index in [1.165, 1.54) is 11.0 Å². The standard InChI is InChI=1S/C41H52F3N7O5S/c1-25-22-48(23-26(2)49(25)24-36(53)46-29-8-5-7-27(19-29)33-15-16-35(52)47-37(33)54)17-6-18-56-32-13-11-30(12-14-32)51-39(57)50(38(55)40(51,3)4)31-10-9-28(21-45)34(20-31)41(42,43)44/h5,7-10,19-20,25-26,30,32-33,39,57H,6,11-18,22-24H2,1-4H3,(H,46,53)(H,47,52,54)/t25-,26+,30?,32?,33?,39?. The molecule has 2 N–H and O–H groups in total. The van der Waals surface area contributed by atoms with Crippen molar-refractivity contribution in [2.24, 2.45) is 0 Å². The molecule has 0 aromatic heterocycles. The molecule has 2 aromatic carbocycles. The minimum absolute atomic E-state index is 0.0129. The van der Waals surface area contributed by atoms with E-state index in [1.807, 2.05) is 11.0 Å². The maximum absolute atomic E-state index is 13.7. The Morgan fingerprint density at radius 3 is 2.39 bits per heavy atom. The van der Waals surface area contributed by atoms with Crippen LogP contribution in [0, 0.1) is 11.3 Å². The Bertz CT molecular complexity index is 1870. The Morgan fingerprint density at radius 2 is 1.74 bits per heavy atom. The summed E-state index contributed by atoms with van der Waals surface area (Å²) >= 11 is 4.76. The third-order valence-electron chi connectivity index (χ3n) is 11.9. The Kier molecular flexibility index (Phi) is 13.0. The highest BCUT2D eigenvalue weighted by atomic mass is 32.1. The number of nitriles is 1. The molecular weight excluding hydrogens is 760 g/mol. The van der Waals surface area contributed by atoms with Gasteiger partial charge in [0.15, 0.2) is 0 Å². The fourth-order valence-corrected chi connectivity index (χ4v) is 9.75. The zero-order valence-corrected chi connectivity index (χ0v) is 33.7. The van der Waals surface area contributed by atoms with Crippen molar-refractivity contribution in [3.63, 3.8) is 0 Å². The van der Waals surface area contributed by atoms with E-state index in [2.05, 4.69) is 34.3 Å². The van der Waals surface area contributed by atoms with Crippen LogP contribution in [0.5, 0.6) is 0 Å². The molecule has 2 aromatic rings. The summed E-state index contributed by atoms with van der Waals surface area (Å²) in [7, 11) is 0. The fraction of sp³-hybridized carbons (Fsp3) is 0.585. The van der Waals surface area contributed by atoms with E-state index in [4.69, 9.17) is 17.4 Å². The van der Waals surface area contributed by atoms with Gasteiger partial charge in [-0.3, -0.25) is 39.2 Å². The number of anilines is 2. The van der Waals surface area contributed by atoms with Crippen molar-refractivity contribution < 1.29 is 37.1 Å². The van der Waals surface area contributed by atoms with Gasteiger partial charge >= 0.3 is 6.18 Å². The number of piperidine rings is 1. The molecule has 6 rings (SSSR count). The zero-order chi connectivity index (χ0) is 41.2. The van der Waals surface area contributed by atoms with Gasteiger partial charge in [0.2, 0.25) is 23.6 Å². The van der Waals surface area contributed by atoms with Crippen LogP contribution in [0.4, 0.5) is 24.5 Å². The summed E-state index contributed by atoms with van der Waals surface area (Å²) in [5.41, 5.74) is -1.90. The summed E-state index contributed by atoms with van der Waals surface area (Å²) in [6, 6.07) is 12.5. The van der Waals surface area contributed by atoms with Crippen LogP contribution in [0.25, 0.3) is 0 Å². The molecule has 0 spiro atoms. The third-order valence-corrected chi connectivity index (χ3v) is 12.4. The molecule has 4 fully saturated rings. The van der Waals surface area contributed by atoms with Crippen LogP contribution in [-0.4, -0.2) is 106 Å². The second-order valence-electron chi connectivity index (χ2n) is 16.3. The van der Waals surface area contributed by atoms with Crippen molar-refractivity contribution in [3.8, 4) is 6.07 Å². The SMILES string of the molecule is C[C@@H]1CN(CCCOC2CCC(N3C(S)N(c4ccc(C#N)c(C(F)(F)F)c4)C(=O)C3(C)C)CC2)C[C@H](C)N1CC(=O)Nc1cccc(C2CCC(=O)NC2=O)c1. The van der Waals surface area contributed by atoms with E-state index >= 15 is 0 Å². The number of rotatable bonds is 11. The first-order chi connectivity index (χ1) is 27.0. The minimum atomic E-state index is -4.74. The molecule has 57 heavy (non-hydrogen) atoms. The first-order valence-electron chi connectivity index (χ1n) is 19.7. The van der Waals surface area contributed by atoms with Crippen molar-refractivity contribution in [2.45, 2.75) is 120 Å². The second-order valence-corrected chi connectivity index (χ2v) is 16.8. The van der Waals surface area contributed by atoms with Crippen LogP contribution in [0.15, 0.2) is 42.5 Å². The molecule has 3 heterocycles. The van der Waals surface area contributed by atoms with E-state index < -0.39 is 34.3 Å². The van der Waals surface area contributed by atoms with E-state index in [0.717, 1.165) is 69.4 Å². The number of thiol groups is 1. The number of amides is 4. The molecule has 1 aliphatic carbocycles. The summed E-state index contributed by atoms with van der Waals surface area (Å²) in [6.07, 6.45) is 0.00449. The van der Waals surface area contributed by atoms with Crippen molar-refractivity contribution in [3.05, 3.63) is 59.2 Å². The average molecular weight is 812 g/mol. The van der Waals surface area contributed by atoms with Gasteiger partial charge in [0.1, 0.15) is 5.50 Å². The lowest BCUT2D eigenvalue weighted by Gasteiger charge is -2.44.